The molecule has 1 aliphatic heterocycles. The van der Waals surface area contributed by atoms with Crippen LogP contribution < -0.4 is 25.7 Å². The molecule has 0 fully saturated rings. The summed E-state index contributed by atoms with van der Waals surface area (Å²) in [6.07, 6.45) is -1.91. The van der Waals surface area contributed by atoms with E-state index in [0.717, 1.165) is 11.3 Å². The first-order valence-corrected chi connectivity index (χ1v) is 8.93. The molecule has 4 N–H and O–H groups in total. The topological polar surface area (TPSA) is 97.6 Å². The molecule has 0 saturated carbocycles. The number of nitrogens with two attached hydrogens (primary N) is 2. The maximum Gasteiger partial charge on any atom is 0.586 e. The molecule has 2 aromatic carbocycles. The van der Waals surface area contributed by atoms with Gasteiger partial charge in [0.1, 0.15) is 12.4 Å². The van der Waals surface area contributed by atoms with Gasteiger partial charge in [-0.15, -0.1) is 8.78 Å². The largest absolute Gasteiger partial charge is 0.586 e. The van der Waals surface area contributed by atoms with E-state index in [1.807, 2.05) is 19.2 Å². The average molecular weight is 425 g/mol. The van der Waals surface area contributed by atoms with Gasteiger partial charge in [-0.2, -0.15) is 5.10 Å². The van der Waals surface area contributed by atoms with E-state index < -0.39 is 6.29 Å². The molecule has 7 nitrogen and oxygen atoms in total. The van der Waals surface area contributed by atoms with Crippen LogP contribution in [0.3, 0.4) is 0 Å². The second-order valence-electron chi connectivity index (χ2n) is 5.97. The first kappa shape index (κ1) is 20.7. The molecular weight excluding hydrogens is 406 g/mol. The van der Waals surface area contributed by atoms with Gasteiger partial charge in [-0.05, 0) is 30.3 Å². The van der Waals surface area contributed by atoms with Crippen LogP contribution in [-0.2, 0) is 7.05 Å². The van der Waals surface area contributed by atoms with E-state index in [4.69, 9.17) is 27.8 Å². The zero-order valence-electron chi connectivity index (χ0n) is 15.4. The average Bonchev–Trinajstić information content (AvgIpc) is 3.17. The first-order valence-electron chi connectivity index (χ1n) is 8.56. The van der Waals surface area contributed by atoms with Gasteiger partial charge in [-0.3, -0.25) is 4.68 Å². The van der Waals surface area contributed by atoms with Crippen LogP contribution in [-0.4, -0.2) is 29.2 Å². The molecule has 0 bridgehead atoms. The molecule has 0 amide bonds. The van der Waals surface area contributed by atoms with Gasteiger partial charge in [0.15, 0.2) is 11.5 Å². The molecule has 3 aromatic rings. The van der Waals surface area contributed by atoms with Crippen molar-refractivity contribution < 1.29 is 23.0 Å². The number of benzene rings is 2. The number of hydrogen-bond donors (Lipinski definition) is 2. The van der Waals surface area contributed by atoms with Crippen molar-refractivity contribution in [3.8, 4) is 28.5 Å². The summed E-state index contributed by atoms with van der Waals surface area (Å²) in [5, 5.41) is 4.66. The van der Waals surface area contributed by atoms with Gasteiger partial charge >= 0.3 is 6.29 Å². The molecule has 0 unspecified atom stereocenters. The summed E-state index contributed by atoms with van der Waals surface area (Å²) in [6.45, 7) is 0.884. The van der Waals surface area contributed by atoms with Crippen molar-refractivity contribution in [2.45, 2.75) is 6.29 Å². The number of anilines is 1. The van der Waals surface area contributed by atoms with Crippen LogP contribution in [0.2, 0.25) is 5.02 Å². The number of ether oxygens (including phenoxy) is 3. The molecule has 0 aliphatic carbocycles. The summed E-state index contributed by atoms with van der Waals surface area (Å²) in [5.41, 5.74) is 13.5. The molecule has 0 atom stereocenters. The van der Waals surface area contributed by atoms with E-state index in [1.54, 1.807) is 29.1 Å². The summed E-state index contributed by atoms with van der Waals surface area (Å²) in [6, 6.07) is 11.5. The highest BCUT2D eigenvalue weighted by molar-refractivity contribution is 6.33. The van der Waals surface area contributed by atoms with E-state index in [9.17, 15) is 8.78 Å². The molecule has 1 aliphatic rings. The maximum atomic E-state index is 12.3. The van der Waals surface area contributed by atoms with Crippen LogP contribution in [0.25, 0.3) is 11.3 Å². The Morgan fingerprint density at radius 1 is 1.17 bits per heavy atom. The van der Waals surface area contributed by atoms with Crippen LogP contribution in [0.15, 0.2) is 48.7 Å². The SMILES string of the molecule is Cn1ncc(Cl)c1-c1cc(N)ccc1OCCN.FC1(F)Oc2ccccc2O1. The van der Waals surface area contributed by atoms with Gasteiger partial charge in [-0.25, -0.2) is 0 Å². The summed E-state index contributed by atoms with van der Waals surface area (Å²) >= 11 is 6.13. The van der Waals surface area contributed by atoms with Crippen molar-refractivity contribution in [1.82, 2.24) is 9.78 Å². The highest BCUT2D eigenvalue weighted by Crippen LogP contribution is 2.40. The molecule has 10 heteroatoms. The third-order valence-corrected chi connectivity index (χ3v) is 4.11. The molecular formula is C19H19ClF2N4O3. The molecule has 29 heavy (non-hydrogen) atoms. The van der Waals surface area contributed by atoms with Gasteiger partial charge in [0, 0.05) is 24.8 Å². The first-order chi connectivity index (χ1) is 13.8. The number of halogens is 3. The number of aromatic nitrogens is 2. The van der Waals surface area contributed by atoms with Crippen molar-refractivity contribution in [1.29, 1.82) is 0 Å². The smallest absolute Gasteiger partial charge is 0.492 e. The van der Waals surface area contributed by atoms with Crippen molar-refractivity contribution in [3.63, 3.8) is 0 Å². The Balaban J connectivity index is 0.000000186. The Kier molecular flexibility index (Phi) is 6.09. The molecule has 154 valence electrons. The highest BCUT2D eigenvalue weighted by atomic mass is 35.5. The van der Waals surface area contributed by atoms with Gasteiger partial charge in [0.2, 0.25) is 0 Å². The van der Waals surface area contributed by atoms with Gasteiger partial charge in [0.25, 0.3) is 0 Å². The fourth-order valence-electron chi connectivity index (χ4n) is 2.64. The van der Waals surface area contributed by atoms with Crippen molar-refractivity contribution in [3.05, 3.63) is 53.7 Å². The van der Waals surface area contributed by atoms with E-state index in [0.29, 0.717) is 29.6 Å². The zero-order chi connectivity index (χ0) is 21.0. The molecule has 4 rings (SSSR count). The number of nitrogens with zero attached hydrogens (tertiary/aromatic N) is 2. The second-order valence-corrected chi connectivity index (χ2v) is 6.38. The number of alkyl halides is 2. The number of para-hydroxylation sites is 2. The van der Waals surface area contributed by atoms with Crippen LogP contribution in [0.5, 0.6) is 17.2 Å². The normalized spacial score (nSPS) is 13.6. The summed E-state index contributed by atoms with van der Waals surface area (Å²) in [4.78, 5) is 0. The lowest BCUT2D eigenvalue weighted by Gasteiger charge is -2.12. The van der Waals surface area contributed by atoms with Crippen molar-refractivity contribution in [2.75, 3.05) is 18.9 Å². The standard InChI is InChI=1S/C12H15ClN4O.C7H4F2O2/c1-17-12(10(13)7-16-17)9-6-8(15)2-3-11(9)18-5-4-14;8-7(9)10-5-3-1-2-4-6(5)11-7/h2-3,6-7H,4-5,14-15H2,1H3;1-4H. The third kappa shape index (κ3) is 4.87. The lowest BCUT2D eigenvalue weighted by atomic mass is 10.1. The minimum atomic E-state index is -3.50. The third-order valence-electron chi connectivity index (χ3n) is 3.83. The van der Waals surface area contributed by atoms with E-state index in [1.165, 1.54) is 12.1 Å². The van der Waals surface area contributed by atoms with Gasteiger partial charge < -0.3 is 25.7 Å². The Morgan fingerprint density at radius 3 is 2.38 bits per heavy atom. The number of aryl methyl sites for hydroxylation is 1. The monoisotopic (exact) mass is 424 g/mol. The van der Waals surface area contributed by atoms with Crippen LogP contribution in [0, 0.1) is 0 Å². The Labute approximate surface area is 170 Å². The fourth-order valence-corrected chi connectivity index (χ4v) is 2.90. The van der Waals surface area contributed by atoms with E-state index >= 15 is 0 Å². The highest BCUT2D eigenvalue weighted by Gasteiger charge is 2.42. The summed E-state index contributed by atoms with van der Waals surface area (Å²) in [5.74, 6) is 0.857. The van der Waals surface area contributed by atoms with Gasteiger partial charge in [-0.1, -0.05) is 23.7 Å². The maximum absolute atomic E-state index is 12.3. The number of rotatable bonds is 4. The predicted molar refractivity (Wildman–Crippen MR) is 105 cm³/mol. The molecule has 1 aromatic heterocycles. The molecule has 2 heterocycles. The van der Waals surface area contributed by atoms with Crippen LogP contribution >= 0.6 is 11.6 Å². The predicted octanol–water partition coefficient (Wildman–Crippen LogP) is 3.67. The number of hydrogen-bond acceptors (Lipinski definition) is 6. The Morgan fingerprint density at radius 2 is 1.83 bits per heavy atom. The molecule has 0 saturated heterocycles. The summed E-state index contributed by atoms with van der Waals surface area (Å²) < 4.78 is 40.1. The Hall–Kier alpha value is -3.04. The van der Waals surface area contributed by atoms with Crippen LogP contribution in [0.1, 0.15) is 0 Å². The molecule has 0 spiro atoms. The fraction of sp³-hybridized carbons (Fsp3) is 0.211. The minimum absolute atomic E-state index is 0.0810. The van der Waals surface area contributed by atoms with E-state index in [2.05, 4.69) is 14.6 Å². The second kappa shape index (κ2) is 8.54. The summed E-state index contributed by atoms with van der Waals surface area (Å²) in [7, 11) is 1.82. The quantitative estimate of drug-likeness (QED) is 0.620. The van der Waals surface area contributed by atoms with Gasteiger partial charge in [0.05, 0.1) is 16.9 Å². The minimum Gasteiger partial charge on any atom is -0.492 e. The number of fused-ring (bicyclic) bond motifs is 1. The Bertz CT molecular complexity index is 951. The van der Waals surface area contributed by atoms with Crippen LogP contribution in [0.4, 0.5) is 14.5 Å². The number of nitrogen functional groups attached to an aromatic ring is 1. The molecule has 0 radical (unpaired) electrons. The lowest BCUT2D eigenvalue weighted by Crippen LogP contribution is -2.25. The zero-order valence-corrected chi connectivity index (χ0v) is 16.2. The van der Waals surface area contributed by atoms with E-state index in [-0.39, 0.29) is 11.5 Å². The lowest BCUT2D eigenvalue weighted by molar-refractivity contribution is -0.286. The van der Waals surface area contributed by atoms with Crippen molar-refractivity contribution in [2.24, 2.45) is 12.8 Å². The van der Waals surface area contributed by atoms with Crippen molar-refractivity contribution >= 4 is 17.3 Å².